The van der Waals surface area contributed by atoms with Gasteiger partial charge in [-0.25, -0.2) is 0 Å². The lowest BCUT2D eigenvalue weighted by atomic mass is 9.87. The van der Waals surface area contributed by atoms with Crippen LogP contribution in [0.2, 0.25) is 0 Å². The minimum atomic E-state index is -0.892. The van der Waals surface area contributed by atoms with E-state index in [1.807, 2.05) is 37.3 Å². The molecule has 18 heteroatoms. The second-order valence-electron chi connectivity index (χ2n) is 22.1. The maximum Gasteiger partial charge on any atom is 0.251 e. The van der Waals surface area contributed by atoms with Gasteiger partial charge >= 0.3 is 0 Å². The van der Waals surface area contributed by atoms with Crippen LogP contribution in [-0.4, -0.2) is 126 Å². The Balaban J connectivity index is 0.884. The molecule has 7 rings (SSSR count). The van der Waals surface area contributed by atoms with Gasteiger partial charge in [-0.05, 0) is 164 Å². The van der Waals surface area contributed by atoms with Crippen LogP contribution >= 0.6 is 0 Å². The van der Waals surface area contributed by atoms with Gasteiger partial charge < -0.3 is 52.1 Å². The predicted molar refractivity (Wildman–Crippen MR) is 302 cm³/mol. The van der Waals surface area contributed by atoms with E-state index < -0.39 is 42.0 Å². The SMILES string of the molecule is CCCC[C@@H](C)C(=O)N[C@@H](CCCCNC(=O)c1cc(O)cc(C(=O)NCCCC[C@H](NC(=O)[C@H](C)NC)C(=O)N2CCC[C@H]2C(=O)N[C@@H]2CCCc3ccccc32)c1)C(=O)N1CCC[C@H]1C(=O)N[C@@H]1CCCc2ccccc21. The summed E-state index contributed by atoms with van der Waals surface area (Å²) in [5.74, 6) is -3.13. The number of unbranched alkanes of at least 4 members (excludes halogenated alkanes) is 3. The van der Waals surface area contributed by atoms with Crippen LogP contribution in [0.3, 0.4) is 0 Å². The maximum atomic E-state index is 14.3. The number of amides is 8. The zero-order chi connectivity index (χ0) is 56.4. The molecule has 3 aromatic rings. The highest BCUT2D eigenvalue weighted by molar-refractivity contribution is 6.00. The summed E-state index contributed by atoms with van der Waals surface area (Å²) in [6.45, 7) is 6.85. The molecule has 2 saturated heterocycles. The number of likely N-dealkylation sites (N-methyl/N-ethyl adjacent to an activating group) is 1. The summed E-state index contributed by atoms with van der Waals surface area (Å²) in [6, 6.07) is 16.4. The van der Waals surface area contributed by atoms with E-state index in [1.54, 1.807) is 23.8 Å². The number of carbonyl (C=O) groups is 8. The Labute approximate surface area is 466 Å². The zero-order valence-electron chi connectivity index (χ0n) is 46.8. The van der Waals surface area contributed by atoms with Gasteiger partial charge in [-0.15, -0.1) is 0 Å². The summed E-state index contributed by atoms with van der Waals surface area (Å²) >= 11 is 0. The highest BCUT2D eigenvalue weighted by Crippen LogP contribution is 2.32. The van der Waals surface area contributed by atoms with E-state index >= 15 is 0 Å². The highest BCUT2D eigenvalue weighted by atomic mass is 16.3. The molecule has 4 aliphatic rings. The van der Waals surface area contributed by atoms with Crippen molar-refractivity contribution in [2.45, 2.75) is 185 Å². The molecule has 0 bridgehead atoms. The molecule has 2 fully saturated rings. The largest absolute Gasteiger partial charge is 0.508 e. The van der Waals surface area contributed by atoms with E-state index in [9.17, 15) is 43.5 Å². The number of carbonyl (C=O) groups excluding carboxylic acids is 8. The Morgan fingerprint density at radius 3 is 1.52 bits per heavy atom. The number of hydrogen-bond acceptors (Lipinski definition) is 10. The lowest BCUT2D eigenvalue weighted by Crippen LogP contribution is -2.55. The smallest absolute Gasteiger partial charge is 0.251 e. The molecule has 428 valence electrons. The van der Waals surface area contributed by atoms with Gasteiger partial charge in [0.25, 0.3) is 11.8 Å². The number of rotatable bonds is 26. The van der Waals surface area contributed by atoms with Crippen LogP contribution < -0.4 is 37.2 Å². The van der Waals surface area contributed by atoms with Gasteiger partial charge in [-0.1, -0.05) is 75.2 Å². The van der Waals surface area contributed by atoms with Crippen molar-refractivity contribution in [1.82, 2.24) is 47.0 Å². The first kappa shape index (κ1) is 59.8. The van der Waals surface area contributed by atoms with Crippen molar-refractivity contribution in [1.29, 1.82) is 0 Å². The van der Waals surface area contributed by atoms with Crippen molar-refractivity contribution in [2.24, 2.45) is 5.92 Å². The molecule has 2 heterocycles. The van der Waals surface area contributed by atoms with Crippen molar-refractivity contribution >= 4 is 47.3 Å². The van der Waals surface area contributed by atoms with E-state index in [0.717, 1.165) is 62.5 Å². The number of likely N-dealkylation sites (tertiary alicyclic amines) is 2. The second-order valence-corrected chi connectivity index (χ2v) is 22.1. The van der Waals surface area contributed by atoms with Gasteiger partial charge in [0.2, 0.25) is 35.4 Å². The van der Waals surface area contributed by atoms with E-state index in [4.69, 9.17) is 0 Å². The summed E-state index contributed by atoms with van der Waals surface area (Å²) in [7, 11) is 1.66. The molecule has 2 aliphatic heterocycles. The van der Waals surface area contributed by atoms with Crippen LogP contribution in [0.5, 0.6) is 5.75 Å². The molecule has 0 spiro atoms. The molecule has 8 amide bonds. The van der Waals surface area contributed by atoms with Crippen LogP contribution in [0.25, 0.3) is 0 Å². The number of phenolic OH excluding ortho intramolecular Hbond substituents is 1. The summed E-state index contributed by atoms with van der Waals surface area (Å²) in [5.41, 5.74) is 4.83. The molecular formula is C61H85N9O9. The van der Waals surface area contributed by atoms with Crippen molar-refractivity contribution in [2.75, 3.05) is 33.2 Å². The number of aryl methyl sites for hydroxylation is 2. The molecule has 79 heavy (non-hydrogen) atoms. The molecule has 0 aromatic heterocycles. The van der Waals surface area contributed by atoms with E-state index in [2.05, 4.69) is 62.3 Å². The third-order valence-electron chi connectivity index (χ3n) is 16.4. The molecule has 0 unspecified atom stereocenters. The highest BCUT2D eigenvalue weighted by Gasteiger charge is 2.41. The number of benzene rings is 3. The number of aromatic hydroxyl groups is 1. The van der Waals surface area contributed by atoms with Gasteiger partial charge in [0.15, 0.2) is 0 Å². The third-order valence-corrected chi connectivity index (χ3v) is 16.4. The zero-order valence-corrected chi connectivity index (χ0v) is 46.8. The topological polar surface area (TPSA) is 247 Å². The lowest BCUT2D eigenvalue weighted by Gasteiger charge is -2.32. The van der Waals surface area contributed by atoms with Gasteiger partial charge in [0.05, 0.1) is 18.1 Å². The molecule has 8 N–H and O–H groups in total. The first-order chi connectivity index (χ1) is 38.2. The third kappa shape index (κ3) is 16.2. The Morgan fingerprint density at radius 2 is 1.05 bits per heavy atom. The monoisotopic (exact) mass is 1090 g/mol. The Kier molecular flexibility index (Phi) is 22.3. The lowest BCUT2D eigenvalue weighted by molar-refractivity contribution is -0.142. The molecule has 0 saturated carbocycles. The standard InChI is InChI=1S/C61H85N9O9/c1-5-6-19-39(2)54(72)67-50(60(78)69-34-17-30-52(69)58(76)65-48-28-15-22-41-20-7-9-24-46(41)48)26-11-13-32-63-56(74)43-36-44(38-45(71)37-43)57(75)64-33-14-12-27-51(68-55(73)40(3)62-4)61(79)70-35-18-31-53(70)59(77)66-49-29-16-23-42-21-8-10-25-47(42)49/h7-10,20-21,24-25,36-40,48-53,62,71H,5-6,11-19,22-23,26-35H2,1-4H3,(H,63,74)(H,64,75)(H,65,76)(H,66,77)(H,67,72)(H,68,73)/t39-,40+,48-,49-,50+,51+,52+,53+/m1/s1. The van der Waals surface area contributed by atoms with Crippen LogP contribution in [0.4, 0.5) is 0 Å². The Hall–Kier alpha value is -6.82. The fraction of sp³-hybridized carbons (Fsp3) is 0.574. The molecule has 3 aromatic carbocycles. The minimum absolute atomic E-state index is 0.0734. The number of hydrogen-bond donors (Lipinski definition) is 8. The van der Waals surface area contributed by atoms with E-state index in [0.29, 0.717) is 77.3 Å². The van der Waals surface area contributed by atoms with Crippen LogP contribution in [0.1, 0.15) is 185 Å². The van der Waals surface area contributed by atoms with E-state index in [1.165, 1.54) is 29.3 Å². The molecule has 0 radical (unpaired) electrons. The van der Waals surface area contributed by atoms with Gasteiger partial charge in [-0.3, -0.25) is 38.4 Å². The van der Waals surface area contributed by atoms with Gasteiger partial charge in [-0.2, -0.15) is 0 Å². The average molecular weight is 1090 g/mol. The van der Waals surface area contributed by atoms with E-state index in [-0.39, 0.29) is 89.8 Å². The summed E-state index contributed by atoms with van der Waals surface area (Å²) in [5, 5.41) is 31.6. The number of phenols is 1. The van der Waals surface area contributed by atoms with Crippen LogP contribution in [0, 0.1) is 5.92 Å². The first-order valence-electron chi connectivity index (χ1n) is 29.2. The van der Waals surface area contributed by atoms with Crippen LogP contribution in [-0.2, 0) is 41.6 Å². The first-order valence-corrected chi connectivity index (χ1v) is 29.2. The predicted octanol–water partition coefficient (Wildman–Crippen LogP) is 5.97. The summed E-state index contributed by atoms with van der Waals surface area (Å²) in [4.78, 5) is 113. The average Bonchev–Trinajstić information content (AvgIpc) is 4.19. The molecule has 8 atom stereocenters. The quantitative estimate of drug-likeness (QED) is 0.0438. The summed E-state index contributed by atoms with van der Waals surface area (Å²) < 4.78 is 0. The van der Waals surface area contributed by atoms with Crippen molar-refractivity contribution < 1.29 is 43.5 Å². The summed E-state index contributed by atoms with van der Waals surface area (Å²) in [6.07, 6.45) is 12.8. The van der Waals surface area contributed by atoms with Crippen molar-refractivity contribution in [3.05, 3.63) is 100 Å². The minimum Gasteiger partial charge on any atom is -0.508 e. The Bertz CT molecular complexity index is 2630. The molecular weight excluding hydrogens is 1000 g/mol. The second kappa shape index (κ2) is 29.4. The maximum absolute atomic E-state index is 14.3. The van der Waals surface area contributed by atoms with Crippen molar-refractivity contribution in [3.63, 3.8) is 0 Å². The fourth-order valence-electron chi connectivity index (χ4n) is 11.7. The van der Waals surface area contributed by atoms with Gasteiger partial charge in [0, 0.05) is 43.2 Å². The number of nitrogens with zero attached hydrogens (tertiary/aromatic N) is 2. The van der Waals surface area contributed by atoms with Crippen LogP contribution in [0.15, 0.2) is 66.7 Å². The normalized spacial score (nSPS) is 20.1. The Morgan fingerprint density at radius 1 is 0.582 bits per heavy atom. The number of nitrogens with one attached hydrogen (secondary N) is 7. The molecule has 2 aliphatic carbocycles. The molecule has 18 nitrogen and oxygen atoms in total. The van der Waals surface area contributed by atoms with Gasteiger partial charge in [0.1, 0.15) is 29.9 Å². The fourth-order valence-corrected chi connectivity index (χ4v) is 11.7. The number of fused-ring (bicyclic) bond motifs is 2. The van der Waals surface area contributed by atoms with Crippen molar-refractivity contribution in [3.8, 4) is 5.75 Å².